The highest BCUT2D eigenvalue weighted by atomic mass is 16.5. The Hall–Kier alpha value is -2.10. The third kappa shape index (κ3) is 1.95. The molecule has 0 amide bonds. The number of hydrogen-bond acceptors (Lipinski definition) is 4. The number of para-hydroxylation sites is 1. The fraction of sp³-hybridized carbons (Fsp3) is 0.167. The molecular formula is C12H10NO3. The summed E-state index contributed by atoms with van der Waals surface area (Å²) in [7, 11) is 1.59. The van der Waals surface area contributed by atoms with Crippen molar-refractivity contribution >= 4 is 17.2 Å². The highest BCUT2D eigenvalue weighted by Gasteiger charge is 2.04. The van der Waals surface area contributed by atoms with Crippen LogP contribution in [0.5, 0.6) is 11.6 Å². The van der Waals surface area contributed by atoms with Crippen LogP contribution in [-0.4, -0.2) is 25.0 Å². The van der Waals surface area contributed by atoms with Crippen LogP contribution in [0, 0.1) is 0 Å². The Labute approximate surface area is 92.8 Å². The summed E-state index contributed by atoms with van der Waals surface area (Å²) in [5.41, 5.74) is 0.716. The van der Waals surface area contributed by atoms with E-state index in [1.165, 1.54) is 0 Å². The van der Waals surface area contributed by atoms with Crippen LogP contribution in [0.15, 0.2) is 30.3 Å². The van der Waals surface area contributed by atoms with Gasteiger partial charge in [-0.25, -0.2) is 4.98 Å². The molecule has 0 saturated carbocycles. The third-order valence-electron chi connectivity index (χ3n) is 2.16. The standard InChI is InChI=1S/C12H10NO3/c1-15-10-4-2-3-9-5-6-11(13-12(9)10)16-8-7-14/h2-6H,8H2,1H3. The zero-order valence-electron chi connectivity index (χ0n) is 8.77. The van der Waals surface area contributed by atoms with E-state index < -0.39 is 0 Å². The van der Waals surface area contributed by atoms with Crippen LogP contribution in [-0.2, 0) is 4.79 Å². The average Bonchev–Trinajstić information content (AvgIpc) is 2.35. The molecule has 0 atom stereocenters. The molecule has 0 N–H and O–H groups in total. The van der Waals surface area contributed by atoms with Gasteiger partial charge in [-0.05, 0) is 12.1 Å². The van der Waals surface area contributed by atoms with Crippen molar-refractivity contribution in [2.45, 2.75) is 0 Å². The topological polar surface area (TPSA) is 48.4 Å². The minimum absolute atomic E-state index is 0.117. The second kappa shape index (κ2) is 4.61. The number of aromatic nitrogens is 1. The first-order valence-electron chi connectivity index (χ1n) is 4.76. The Morgan fingerprint density at radius 3 is 2.94 bits per heavy atom. The summed E-state index contributed by atoms with van der Waals surface area (Å²) in [4.78, 5) is 14.3. The van der Waals surface area contributed by atoms with Crippen molar-refractivity contribution in [3.63, 3.8) is 0 Å². The van der Waals surface area contributed by atoms with Gasteiger partial charge in [0.05, 0.1) is 7.11 Å². The number of benzene rings is 1. The lowest BCUT2D eigenvalue weighted by Gasteiger charge is -2.06. The summed E-state index contributed by atoms with van der Waals surface area (Å²) in [6.45, 7) is -0.117. The molecule has 0 unspecified atom stereocenters. The maximum atomic E-state index is 10.1. The second-order valence-electron chi connectivity index (χ2n) is 3.11. The van der Waals surface area contributed by atoms with Crippen LogP contribution in [0.4, 0.5) is 0 Å². The molecule has 1 heterocycles. The van der Waals surface area contributed by atoms with Crippen LogP contribution >= 0.6 is 0 Å². The lowest BCUT2D eigenvalue weighted by atomic mass is 10.2. The van der Waals surface area contributed by atoms with Crippen molar-refractivity contribution in [2.75, 3.05) is 13.7 Å². The van der Waals surface area contributed by atoms with Gasteiger partial charge in [-0.3, -0.25) is 4.79 Å². The fourth-order valence-electron chi connectivity index (χ4n) is 1.45. The van der Waals surface area contributed by atoms with E-state index in [1.54, 1.807) is 19.5 Å². The highest BCUT2D eigenvalue weighted by Crippen LogP contribution is 2.25. The second-order valence-corrected chi connectivity index (χ2v) is 3.11. The molecule has 4 nitrogen and oxygen atoms in total. The molecule has 1 aromatic carbocycles. The van der Waals surface area contributed by atoms with Crippen LogP contribution in [0.1, 0.15) is 0 Å². The highest BCUT2D eigenvalue weighted by molar-refractivity contribution is 5.84. The molecule has 2 rings (SSSR count). The molecule has 0 aliphatic carbocycles. The molecule has 81 valence electrons. The van der Waals surface area contributed by atoms with E-state index in [9.17, 15) is 4.79 Å². The summed E-state index contributed by atoms with van der Waals surface area (Å²) in [6.07, 6.45) is 1.65. The lowest BCUT2D eigenvalue weighted by Crippen LogP contribution is -1.99. The SMILES string of the molecule is COc1cccc2ccc(OC[C]=O)nc12. The minimum atomic E-state index is -0.117. The van der Waals surface area contributed by atoms with E-state index in [-0.39, 0.29) is 6.61 Å². The molecule has 0 fully saturated rings. The van der Waals surface area contributed by atoms with E-state index in [0.717, 1.165) is 5.39 Å². The molecule has 4 heteroatoms. The summed E-state index contributed by atoms with van der Waals surface area (Å²) in [6, 6.07) is 9.22. The number of rotatable bonds is 4. The van der Waals surface area contributed by atoms with Crippen LogP contribution < -0.4 is 9.47 Å². The summed E-state index contributed by atoms with van der Waals surface area (Å²) in [5.74, 6) is 1.07. The first-order valence-corrected chi connectivity index (χ1v) is 4.76. The molecule has 0 bridgehead atoms. The molecule has 0 aliphatic heterocycles. The van der Waals surface area contributed by atoms with Gasteiger partial charge in [0, 0.05) is 11.5 Å². The Bertz CT molecular complexity index is 511. The van der Waals surface area contributed by atoms with Gasteiger partial charge in [0.15, 0.2) is 6.61 Å². The Morgan fingerprint density at radius 1 is 1.31 bits per heavy atom. The summed E-state index contributed by atoms with van der Waals surface area (Å²) < 4.78 is 10.3. The normalized spacial score (nSPS) is 10.1. The number of hydrogen-bond donors (Lipinski definition) is 0. The lowest BCUT2D eigenvalue weighted by molar-refractivity contribution is 0.352. The Balaban J connectivity index is 2.46. The fourth-order valence-corrected chi connectivity index (χ4v) is 1.45. The molecule has 0 aliphatic rings. The first kappa shape index (κ1) is 10.4. The summed E-state index contributed by atoms with van der Waals surface area (Å²) in [5, 5.41) is 0.960. The van der Waals surface area contributed by atoms with Gasteiger partial charge in [0.1, 0.15) is 11.3 Å². The quantitative estimate of drug-likeness (QED) is 0.780. The summed E-state index contributed by atoms with van der Waals surface area (Å²) >= 11 is 0. The monoisotopic (exact) mass is 216 g/mol. The zero-order chi connectivity index (χ0) is 11.4. The van der Waals surface area contributed by atoms with E-state index in [1.807, 2.05) is 24.3 Å². The van der Waals surface area contributed by atoms with E-state index in [0.29, 0.717) is 17.1 Å². The van der Waals surface area contributed by atoms with Gasteiger partial charge in [0.25, 0.3) is 0 Å². The van der Waals surface area contributed by atoms with Gasteiger partial charge in [-0.1, -0.05) is 12.1 Å². The zero-order valence-corrected chi connectivity index (χ0v) is 8.77. The number of ether oxygens (including phenoxy) is 2. The number of carbonyl (C=O) groups excluding carboxylic acids is 1. The van der Waals surface area contributed by atoms with Crippen molar-refractivity contribution < 1.29 is 14.3 Å². The maximum Gasteiger partial charge on any atom is 0.239 e. The van der Waals surface area contributed by atoms with E-state index >= 15 is 0 Å². The number of methoxy groups -OCH3 is 1. The molecular weight excluding hydrogens is 206 g/mol. The van der Waals surface area contributed by atoms with Crippen LogP contribution in [0.25, 0.3) is 10.9 Å². The molecule has 16 heavy (non-hydrogen) atoms. The molecule has 1 radical (unpaired) electrons. The van der Waals surface area contributed by atoms with Crippen LogP contribution in [0.2, 0.25) is 0 Å². The Morgan fingerprint density at radius 2 is 2.19 bits per heavy atom. The largest absolute Gasteiger partial charge is 0.494 e. The van der Waals surface area contributed by atoms with Gasteiger partial charge in [-0.15, -0.1) is 0 Å². The van der Waals surface area contributed by atoms with Crippen molar-refractivity contribution in [3.05, 3.63) is 30.3 Å². The maximum absolute atomic E-state index is 10.1. The van der Waals surface area contributed by atoms with E-state index in [4.69, 9.17) is 9.47 Å². The van der Waals surface area contributed by atoms with Crippen LogP contribution in [0.3, 0.4) is 0 Å². The van der Waals surface area contributed by atoms with Crippen molar-refractivity contribution in [2.24, 2.45) is 0 Å². The van der Waals surface area contributed by atoms with Gasteiger partial charge in [0.2, 0.25) is 12.2 Å². The van der Waals surface area contributed by atoms with Gasteiger partial charge >= 0.3 is 0 Å². The molecule has 2 aromatic rings. The number of nitrogens with zero attached hydrogens (tertiary/aromatic N) is 1. The number of pyridine rings is 1. The third-order valence-corrected chi connectivity index (χ3v) is 2.16. The number of fused-ring (bicyclic) bond motifs is 1. The van der Waals surface area contributed by atoms with Crippen molar-refractivity contribution in [1.29, 1.82) is 0 Å². The molecule has 0 spiro atoms. The van der Waals surface area contributed by atoms with Gasteiger partial charge < -0.3 is 9.47 Å². The predicted molar refractivity (Wildman–Crippen MR) is 59.5 cm³/mol. The van der Waals surface area contributed by atoms with Crippen molar-refractivity contribution in [1.82, 2.24) is 4.98 Å². The molecule has 1 aromatic heterocycles. The minimum Gasteiger partial charge on any atom is -0.494 e. The van der Waals surface area contributed by atoms with Crippen molar-refractivity contribution in [3.8, 4) is 11.6 Å². The molecule has 0 saturated heterocycles. The predicted octanol–water partition coefficient (Wildman–Crippen LogP) is 1.73. The smallest absolute Gasteiger partial charge is 0.239 e. The first-order chi connectivity index (χ1) is 7.85. The Kier molecular flexibility index (Phi) is 3.00. The van der Waals surface area contributed by atoms with Gasteiger partial charge in [-0.2, -0.15) is 0 Å². The van der Waals surface area contributed by atoms with E-state index in [2.05, 4.69) is 4.98 Å². The average molecular weight is 216 g/mol.